The summed E-state index contributed by atoms with van der Waals surface area (Å²) in [5.74, 6) is 0. The zero-order chi connectivity index (χ0) is 38.7. The SMILES string of the molecule is [F-].[F-].[F-].c1ccc([PH+](c2ccccc2)c2ccccc2)cc1.c1ccc([PH+](c2ccccc2)c2ccccc2)cc1.c1ccc([PH+](c2ccccc2)c2ccccc2)cc1. The number of hydrogen-bond donors (Lipinski definition) is 0. The van der Waals surface area contributed by atoms with E-state index < -0.39 is 23.8 Å². The van der Waals surface area contributed by atoms with Crippen LogP contribution in [-0.2, 0) is 0 Å². The summed E-state index contributed by atoms with van der Waals surface area (Å²) >= 11 is 0. The highest BCUT2D eigenvalue weighted by Crippen LogP contribution is 2.34. The standard InChI is InChI=1S/3C18H15P.3FH/c3*1-4-10-16(11-5-1)19(17-12-6-2-7-13-17)18-14-8-3-9-15-18;;;/h3*1-15H;3*1H. The van der Waals surface area contributed by atoms with Crippen LogP contribution in [0.25, 0.3) is 0 Å². The van der Waals surface area contributed by atoms with Gasteiger partial charge in [0.2, 0.25) is 0 Å². The van der Waals surface area contributed by atoms with Crippen LogP contribution >= 0.6 is 23.8 Å². The first-order valence-corrected chi connectivity index (χ1v) is 23.9. The van der Waals surface area contributed by atoms with Gasteiger partial charge in [0, 0.05) is 0 Å². The van der Waals surface area contributed by atoms with Crippen molar-refractivity contribution in [3.8, 4) is 0 Å². The third-order valence-electron chi connectivity index (χ3n) is 9.56. The van der Waals surface area contributed by atoms with Gasteiger partial charge < -0.3 is 14.1 Å². The number of halogens is 3. The molecule has 6 heteroatoms. The van der Waals surface area contributed by atoms with Gasteiger partial charge in [-0.3, -0.25) is 0 Å². The van der Waals surface area contributed by atoms with Crippen molar-refractivity contribution in [1.82, 2.24) is 0 Å². The molecule has 0 aromatic heterocycles. The average molecular weight is 847 g/mol. The maximum absolute atomic E-state index is 2.24. The maximum atomic E-state index is 2.24. The summed E-state index contributed by atoms with van der Waals surface area (Å²) in [6.07, 6.45) is 0. The van der Waals surface area contributed by atoms with Crippen molar-refractivity contribution in [2.45, 2.75) is 0 Å². The molecule has 0 atom stereocenters. The molecule has 0 aliphatic carbocycles. The van der Waals surface area contributed by atoms with Gasteiger partial charge in [0.15, 0.2) is 0 Å². The maximum Gasteiger partial charge on any atom is 0.102 e. The van der Waals surface area contributed by atoms with Crippen molar-refractivity contribution < 1.29 is 14.1 Å². The summed E-state index contributed by atoms with van der Waals surface area (Å²) in [7, 11) is -2.63. The molecule has 0 heterocycles. The molecule has 0 aliphatic rings. The number of rotatable bonds is 9. The lowest BCUT2D eigenvalue weighted by Crippen LogP contribution is -3.00. The molecule has 0 nitrogen and oxygen atoms in total. The third kappa shape index (κ3) is 13.0. The van der Waals surface area contributed by atoms with Gasteiger partial charge in [-0.05, 0) is 109 Å². The molecule has 9 rings (SSSR count). The van der Waals surface area contributed by atoms with Gasteiger partial charge in [-0.25, -0.2) is 0 Å². The summed E-state index contributed by atoms with van der Waals surface area (Å²) in [4.78, 5) is 0. The summed E-state index contributed by atoms with van der Waals surface area (Å²) in [5, 5.41) is 12.9. The molecule has 9 aromatic carbocycles. The lowest BCUT2D eigenvalue weighted by molar-refractivity contribution is -0.00100. The second-order valence-corrected chi connectivity index (χ2v) is 20.9. The molecule has 0 spiro atoms. The quantitative estimate of drug-likeness (QED) is 0.187. The molecule has 0 amide bonds. The van der Waals surface area contributed by atoms with E-state index >= 15 is 0 Å². The predicted octanol–water partition coefficient (Wildman–Crippen LogP) is 0.543. The van der Waals surface area contributed by atoms with Crippen LogP contribution in [0.2, 0.25) is 0 Å². The van der Waals surface area contributed by atoms with Gasteiger partial charge in [-0.15, -0.1) is 0 Å². The van der Waals surface area contributed by atoms with E-state index in [2.05, 4.69) is 273 Å². The molecule has 0 aliphatic heterocycles. The zero-order valence-electron chi connectivity index (χ0n) is 33.1. The van der Waals surface area contributed by atoms with Crippen molar-refractivity contribution in [1.29, 1.82) is 0 Å². The molecular weight excluding hydrogens is 799 g/mol. The Morgan fingerprint density at radius 3 is 0.300 bits per heavy atom. The van der Waals surface area contributed by atoms with E-state index in [0.29, 0.717) is 0 Å². The van der Waals surface area contributed by atoms with Gasteiger partial charge in [-0.1, -0.05) is 164 Å². The average Bonchev–Trinajstić information content (AvgIpc) is 3.30. The predicted molar refractivity (Wildman–Crippen MR) is 260 cm³/mol. The number of hydrogen-bond acceptors (Lipinski definition) is 0. The van der Waals surface area contributed by atoms with Gasteiger partial charge in [-0.2, -0.15) is 0 Å². The largest absolute Gasteiger partial charge is 1.00 e. The fraction of sp³-hybridized carbons (Fsp3) is 0. The normalized spacial score (nSPS) is 10.1. The van der Waals surface area contributed by atoms with Crippen LogP contribution in [0.15, 0.2) is 273 Å². The molecule has 0 N–H and O–H groups in total. The van der Waals surface area contributed by atoms with Crippen LogP contribution in [0, 0.1) is 0 Å². The minimum Gasteiger partial charge on any atom is -1.00 e. The molecule has 0 unspecified atom stereocenters. The van der Waals surface area contributed by atoms with E-state index in [1.54, 1.807) is 0 Å². The summed E-state index contributed by atoms with van der Waals surface area (Å²) in [5.41, 5.74) is 0. The van der Waals surface area contributed by atoms with Crippen LogP contribution in [0.1, 0.15) is 0 Å². The van der Waals surface area contributed by atoms with Gasteiger partial charge in [0.05, 0.1) is 23.8 Å². The van der Waals surface area contributed by atoms with Crippen LogP contribution in [0.5, 0.6) is 0 Å². The molecule has 0 radical (unpaired) electrons. The van der Waals surface area contributed by atoms with E-state index in [0.717, 1.165) is 0 Å². The summed E-state index contributed by atoms with van der Waals surface area (Å²) < 4.78 is 0. The van der Waals surface area contributed by atoms with E-state index in [4.69, 9.17) is 0 Å². The first-order chi connectivity index (χ1) is 28.3. The Morgan fingerprint density at radius 1 is 0.133 bits per heavy atom. The Balaban J connectivity index is 0.000000194. The van der Waals surface area contributed by atoms with Gasteiger partial charge >= 0.3 is 0 Å². The lowest BCUT2D eigenvalue weighted by atomic mass is 10.4. The smallest absolute Gasteiger partial charge is 0.102 e. The molecule has 0 fully saturated rings. The zero-order valence-corrected chi connectivity index (χ0v) is 36.1. The van der Waals surface area contributed by atoms with E-state index in [1.165, 1.54) is 47.7 Å². The fourth-order valence-corrected chi connectivity index (χ4v) is 14.7. The highest BCUT2D eigenvalue weighted by atomic mass is 31.1. The minimum atomic E-state index is -0.877. The Hall–Kier alpha value is -5.94. The Labute approximate surface area is 357 Å². The second kappa shape index (κ2) is 25.5. The second-order valence-electron chi connectivity index (χ2n) is 13.4. The van der Waals surface area contributed by atoms with Crippen LogP contribution in [0.3, 0.4) is 0 Å². The molecule has 0 saturated heterocycles. The van der Waals surface area contributed by atoms with Crippen molar-refractivity contribution in [2.24, 2.45) is 0 Å². The van der Waals surface area contributed by atoms with Crippen LogP contribution in [-0.4, -0.2) is 0 Å². The van der Waals surface area contributed by atoms with Gasteiger partial charge in [0.1, 0.15) is 47.7 Å². The Kier molecular flexibility index (Phi) is 19.9. The minimum absolute atomic E-state index is 0. The van der Waals surface area contributed by atoms with Crippen molar-refractivity contribution in [2.75, 3.05) is 0 Å². The topological polar surface area (TPSA) is 0 Å². The van der Waals surface area contributed by atoms with E-state index in [-0.39, 0.29) is 14.1 Å². The highest BCUT2D eigenvalue weighted by molar-refractivity contribution is 7.80. The monoisotopic (exact) mass is 846 g/mol. The molecule has 0 bridgehead atoms. The summed E-state index contributed by atoms with van der Waals surface area (Å²) in [6.45, 7) is 0. The van der Waals surface area contributed by atoms with Crippen LogP contribution in [0.4, 0.5) is 0 Å². The van der Waals surface area contributed by atoms with E-state index in [9.17, 15) is 0 Å². The van der Waals surface area contributed by atoms with Gasteiger partial charge in [0.25, 0.3) is 0 Å². The van der Waals surface area contributed by atoms with Crippen molar-refractivity contribution in [3.05, 3.63) is 273 Å². The molecular formula is C54H48F3P3. The molecule has 60 heavy (non-hydrogen) atoms. The first kappa shape index (κ1) is 46.7. The molecule has 300 valence electrons. The lowest BCUT2D eigenvalue weighted by Gasteiger charge is -2.10. The first-order valence-electron chi connectivity index (χ1n) is 19.4. The fourth-order valence-electron chi connectivity index (χ4n) is 6.94. The highest BCUT2D eigenvalue weighted by Gasteiger charge is 2.26. The molecule has 9 aromatic rings. The van der Waals surface area contributed by atoms with Crippen molar-refractivity contribution >= 4 is 71.5 Å². The third-order valence-corrected chi connectivity index (χ3v) is 17.8. The van der Waals surface area contributed by atoms with Crippen molar-refractivity contribution in [3.63, 3.8) is 0 Å². The Morgan fingerprint density at radius 2 is 0.217 bits per heavy atom. The van der Waals surface area contributed by atoms with Crippen LogP contribution < -0.4 is 61.9 Å². The number of benzene rings is 9. The molecule has 0 saturated carbocycles. The van der Waals surface area contributed by atoms with E-state index in [1.807, 2.05) is 0 Å². The summed E-state index contributed by atoms with van der Waals surface area (Å²) in [6, 6.07) is 97.5. The Bertz CT molecular complexity index is 1870.